The number of ether oxygens (including phenoxy) is 1. The van der Waals surface area contributed by atoms with Crippen molar-refractivity contribution in [3.8, 4) is 5.75 Å². The topological polar surface area (TPSA) is 71.8 Å². The number of nitrogens with one attached hydrogen (secondary N) is 1. The van der Waals surface area contributed by atoms with E-state index in [1.54, 1.807) is 30.3 Å². The number of halogens is 1. The zero-order valence-electron chi connectivity index (χ0n) is 20.6. The highest BCUT2D eigenvalue weighted by Crippen LogP contribution is 2.38. The molecule has 2 heterocycles. The number of carbonyl (C=O) groups excluding carboxylic acids is 2. The summed E-state index contributed by atoms with van der Waals surface area (Å²) in [5, 5.41) is 2.67. The zero-order chi connectivity index (χ0) is 25.7. The van der Waals surface area contributed by atoms with Crippen LogP contribution >= 0.6 is 0 Å². The van der Waals surface area contributed by atoms with Crippen molar-refractivity contribution in [2.75, 3.05) is 13.1 Å². The third-order valence-electron chi connectivity index (χ3n) is 6.11. The Morgan fingerprint density at radius 2 is 1.97 bits per heavy atom. The van der Waals surface area contributed by atoms with Gasteiger partial charge in [0.15, 0.2) is 5.76 Å². The van der Waals surface area contributed by atoms with Crippen molar-refractivity contribution in [2.45, 2.75) is 39.3 Å². The fraction of sp³-hybridized carbons (Fsp3) is 0.310. The second kappa shape index (κ2) is 11.2. The summed E-state index contributed by atoms with van der Waals surface area (Å²) in [7, 11) is 0. The first-order valence-corrected chi connectivity index (χ1v) is 12.1. The van der Waals surface area contributed by atoms with Gasteiger partial charge < -0.3 is 19.4 Å². The summed E-state index contributed by atoms with van der Waals surface area (Å²) in [6.07, 6.45) is 2.78. The molecule has 36 heavy (non-hydrogen) atoms. The molecule has 0 unspecified atom stereocenters. The molecule has 7 heteroatoms. The number of fused-ring (bicyclic) bond motifs is 1. The van der Waals surface area contributed by atoms with Crippen LogP contribution in [0.25, 0.3) is 0 Å². The largest absolute Gasteiger partial charge is 0.486 e. The van der Waals surface area contributed by atoms with E-state index < -0.39 is 0 Å². The number of rotatable bonds is 9. The van der Waals surface area contributed by atoms with Crippen molar-refractivity contribution in [1.82, 2.24) is 10.2 Å². The number of benzene rings is 2. The minimum absolute atomic E-state index is 0.0779. The van der Waals surface area contributed by atoms with Gasteiger partial charge in [0.25, 0.3) is 5.91 Å². The Kier molecular flexibility index (Phi) is 7.88. The van der Waals surface area contributed by atoms with Crippen molar-refractivity contribution in [1.29, 1.82) is 0 Å². The molecule has 1 aromatic heterocycles. The molecular formula is C29H31FN2O4. The highest BCUT2D eigenvalue weighted by atomic mass is 19.1. The van der Waals surface area contributed by atoms with Crippen molar-refractivity contribution in [3.05, 3.63) is 101 Å². The van der Waals surface area contributed by atoms with E-state index in [-0.39, 0.29) is 42.0 Å². The van der Waals surface area contributed by atoms with Crippen molar-refractivity contribution < 1.29 is 23.1 Å². The van der Waals surface area contributed by atoms with Crippen LogP contribution in [-0.2, 0) is 17.8 Å². The number of nitrogens with zero attached hydrogens (tertiary/aromatic N) is 1. The van der Waals surface area contributed by atoms with E-state index >= 15 is 0 Å². The van der Waals surface area contributed by atoms with Gasteiger partial charge >= 0.3 is 0 Å². The lowest BCUT2D eigenvalue weighted by molar-refractivity contribution is -0.134. The van der Waals surface area contributed by atoms with E-state index in [0.29, 0.717) is 31.0 Å². The summed E-state index contributed by atoms with van der Waals surface area (Å²) in [4.78, 5) is 27.1. The number of furan rings is 1. The lowest BCUT2D eigenvalue weighted by Crippen LogP contribution is -2.41. The van der Waals surface area contributed by atoms with Crippen LogP contribution in [0, 0.1) is 11.7 Å². The van der Waals surface area contributed by atoms with Crippen LogP contribution in [0.3, 0.4) is 0 Å². The number of amides is 2. The maximum absolute atomic E-state index is 13.7. The van der Waals surface area contributed by atoms with Gasteiger partial charge in [0.05, 0.1) is 6.04 Å². The SMILES string of the molecule is C=CCNC(=O)c1ccc(COc2ccc3c(c2)[C@H](c2ccc(F)cc2)N(C(=O)CC(C)C)CC3)o1. The lowest BCUT2D eigenvalue weighted by atomic mass is 9.87. The minimum Gasteiger partial charge on any atom is -0.486 e. The Balaban J connectivity index is 1.57. The fourth-order valence-corrected chi connectivity index (χ4v) is 4.41. The summed E-state index contributed by atoms with van der Waals surface area (Å²) in [6.45, 7) is 8.73. The van der Waals surface area contributed by atoms with Crippen LogP contribution < -0.4 is 10.1 Å². The second-order valence-electron chi connectivity index (χ2n) is 9.30. The predicted octanol–water partition coefficient (Wildman–Crippen LogP) is 5.43. The quantitative estimate of drug-likeness (QED) is 0.406. The first-order valence-electron chi connectivity index (χ1n) is 12.1. The summed E-state index contributed by atoms with van der Waals surface area (Å²) in [6, 6.07) is 15.2. The lowest BCUT2D eigenvalue weighted by Gasteiger charge is -2.38. The monoisotopic (exact) mass is 490 g/mol. The molecule has 0 saturated heterocycles. The smallest absolute Gasteiger partial charge is 0.287 e. The molecule has 0 radical (unpaired) electrons. The highest BCUT2D eigenvalue weighted by Gasteiger charge is 2.32. The Morgan fingerprint density at radius 1 is 1.19 bits per heavy atom. The summed E-state index contributed by atoms with van der Waals surface area (Å²) >= 11 is 0. The summed E-state index contributed by atoms with van der Waals surface area (Å²) < 4.78 is 25.3. The van der Waals surface area contributed by atoms with Gasteiger partial charge in [0.2, 0.25) is 5.91 Å². The van der Waals surface area contributed by atoms with Gasteiger partial charge in [-0.15, -0.1) is 6.58 Å². The Labute approximate surface area is 210 Å². The van der Waals surface area contributed by atoms with Gasteiger partial charge in [0.1, 0.15) is 23.9 Å². The summed E-state index contributed by atoms with van der Waals surface area (Å²) in [5.41, 5.74) is 2.95. The number of carbonyl (C=O) groups is 2. The first kappa shape index (κ1) is 25.2. The third kappa shape index (κ3) is 5.85. The van der Waals surface area contributed by atoms with Gasteiger partial charge in [-0.05, 0) is 65.4 Å². The molecule has 2 aromatic carbocycles. The molecule has 1 aliphatic heterocycles. The van der Waals surface area contributed by atoms with E-state index in [4.69, 9.17) is 9.15 Å². The maximum atomic E-state index is 13.7. The molecule has 6 nitrogen and oxygen atoms in total. The average molecular weight is 491 g/mol. The van der Waals surface area contributed by atoms with E-state index in [2.05, 4.69) is 11.9 Å². The van der Waals surface area contributed by atoms with Crippen LogP contribution in [0.15, 0.2) is 71.7 Å². The normalized spacial score (nSPS) is 14.9. The molecule has 188 valence electrons. The first-order chi connectivity index (χ1) is 17.4. The van der Waals surface area contributed by atoms with Crippen molar-refractivity contribution >= 4 is 11.8 Å². The molecule has 0 fully saturated rings. The predicted molar refractivity (Wildman–Crippen MR) is 135 cm³/mol. The van der Waals surface area contributed by atoms with E-state index in [9.17, 15) is 14.0 Å². The van der Waals surface area contributed by atoms with Crippen LogP contribution in [0.5, 0.6) is 5.75 Å². The van der Waals surface area contributed by atoms with Crippen LogP contribution in [0.1, 0.15) is 59.3 Å². The third-order valence-corrected chi connectivity index (χ3v) is 6.11. The number of hydrogen-bond acceptors (Lipinski definition) is 4. The van der Waals surface area contributed by atoms with Crippen LogP contribution in [0.2, 0.25) is 0 Å². The van der Waals surface area contributed by atoms with Crippen molar-refractivity contribution in [3.63, 3.8) is 0 Å². The Morgan fingerprint density at radius 3 is 2.69 bits per heavy atom. The van der Waals surface area contributed by atoms with Gasteiger partial charge in [-0.2, -0.15) is 0 Å². The fourth-order valence-electron chi connectivity index (χ4n) is 4.41. The second-order valence-corrected chi connectivity index (χ2v) is 9.30. The Hall–Kier alpha value is -3.87. The minimum atomic E-state index is -0.326. The molecule has 1 atom stereocenters. The molecule has 4 rings (SSSR count). The molecule has 1 N–H and O–H groups in total. The van der Waals surface area contributed by atoms with E-state index in [1.165, 1.54) is 12.1 Å². The molecular weight excluding hydrogens is 459 g/mol. The van der Waals surface area contributed by atoms with Gasteiger partial charge in [-0.1, -0.05) is 38.1 Å². The molecule has 1 aliphatic rings. The summed E-state index contributed by atoms with van der Waals surface area (Å²) in [5.74, 6) is 1.02. The van der Waals surface area contributed by atoms with E-state index in [0.717, 1.165) is 23.1 Å². The van der Waals surface area contributed by atoms with Crippen molar-refractivity contribution in [2.24, 2.45) is 5.92 Å². The van der Waals surface area contributed by atoms with Gasteiger partial charge in [-0.3, -0.25) is 9.59 Å². The van der Waals surface area contributed by atoms with E-state index in [1.807, 2.05) is 36.9 Å². The van der Waals surface area contributed by atoms with Gasteiger partial charge in [-0.25, -0.2) is 4.39 Å². The molecule has 0 spiro atoms. The molecule has 0 aliphatic carbocycles. The molecule has 0 bridgehead atoms. The van der Waals surface area contributed by atoms with Crippen LogP contribution in [-0.4, -0.2) is 29.8 Å². The average Bonchev–Trinajstić information content (AvgIpc) is 3.34. The maximum Gasteiger partial charge on any atom is 0.287 e. The standard InChI is InChI=1S/C29H31FN2O4/c1-4-14-31-29(34)26-12-11-24(36-26)18-35-23-10-7-20-13-15-32(27(33)16-19(2)3)28(25(20)17-23)21-5-8-22(30)9-6-21/h4-12,17,19,28H,1,13-16,18H2,2-3H3,(H,31,34)/t28-/m0/s1. The van der Waals surface area contributed by atoms with Gasteiger partial charge in [0, 0.05) is 19.5 Å². The Bertz CT molecular complexity index is 1230. The van der Waals surface area contributed by atoms with Crippen LogP contribution in [0.4, 0.5) is 4.39 Å². The molecule has 2 amide bonds. The molecule has 3 aromatic rings. The highest BCUT2D eigenvalue weighted by molar-refractivity contribution is 5.91. The molecule has 0 saturated carbocycles. The zero-order valence-corrected chi connectivity index (χ0v) is 20.6. The number of hydrogen-bond donors (Lipinski definition) is 1.